The summed E-state index contributed by atoms with van der Waals surface area (Å²) in [6.45, 7) is 0. The van der Waals surface area contributed by atoms with Crippen LogP contribution in [0.5, 0.6) is 0 Å². The summed E-state index contributed by atoms with van der Waals surface area (Å²) < 4.78 is 0. The largest absolute Gasteiger partial charge is 0.378 e. The monoisotopic (exact) mass is 344 g/mol. The van der Waals surface area contributed by atoms with Gasteiger partial charge in [0.05, 0.1) is 6.04 Å². The number of hydrogen-bond acceptors (Lipinski definition) is 2. The van der Waals surface area contributed by atoms with Gasteiger partial charge in [0.15, 0.2) is 0 Å². The van der Waals surface area contributed by atoms with Gasteiger partial charge in [-0.3, -0.25) is 0 Å². The molecule has 0 saturated heterocycles. The van der Waals surface area contributed by atoms with Crippen LogP contribution in [-0.4, -0.2) is 14.1 Å². The van der Waals surface area contributed by atoms with Crippen molar-refractivity contribution >= 4 is 5.69 Å². The fraction of sp³-hybridized carbons (Fsp3) is 0.250. The smallest absolute Gasteiger partial charge is 0.0519 e. The van der Waals surface area contributed by atoms with Crippen LogP contribution >= 0.6 is 0 Å². The molecule has 0 radical (unpaired) electrons. The molecule has 0 spiro atoms. The van der Waals surface area contributed by atoms with Gasteiger partial charge in [-0.05, 0) is 61.7 Å². The molecule has 0 aromatic heterocycles. The molecule has 2 heteroatoms. The summed E-state index contributed by atoms with van der Waals surface area (Å²) in [5, 5.41) is 6.54. The minimum Gasteiger partial charge on any atom is -0.378 e. The van der Waals surface area contributed by atoms with E-state index in [-0.39, 0.29) is 0 Å². The molecule has 1 unspecified atom stereocenters. The fourth-order valence-corrected chi connectivity index (χ4v) is 3.53. The molecule has 0 heterocycles. The maximum Gasteiger partial charge on any atom is 0.0519 e. The van der Waals surface area contributed by atoms with Crippen LogP contribution in [0.3, 0.4) is 0 Å². The molecule has 0 bridgehead atoms. The van der Waals surface area contributed by atoms with Crippen LogP contribution in [-0.2, 0) is 12.8 Å². The van der Waals surface area contributed by atoms with Crippen LogP contribution in [0, 0.1) is 0 Å². The van der Waals surface area contributed by atoms with Crippen LogP contribution in [0.1, 0.15) is 34.7 Å². The van der Waals surface area contributed by atoms with E-state index < -0.39 is 0 Å². The van der Waals surface area contributed by atoms with E-state index in [1.807, 2.05) is 14.1 Å². The van der Waals surface area contributed by atoms with E-state index in [1.54, 1.807) is 0 Å². The van der Waals surface area contributed by atoms with Crippen molar-refractivity contribution in [3.05, 3.63) is 101 Å². The van der Waals surface area contributed by atoms with E-state index in [9.17, 15) is 0 Å². The Kier molecular flexibility index (Phi) is 6.45. The maximum absolute atomic E-state index is 3.79. The average Bonchev–Trinajstić information content (AvgIpc) is 3.08. The SMILES string of the molecule is CNC.c1ccc(Cc2ccccc2NC2CCc3ccccc32)cc1. The predicted octanol–water partition coefficient (Wildman–Crippen LogP) is 5.21. The second kappa shape index (κ2) is 9.21. The van der Waals surface area contributed by atoms with E-state index in [0.29, 0.717) is 6.04 Å². The molecule has 0 saturated carbocycles. The van der Waals surface area contributed by atoms with E-state index in [2.05, 4.69) is 89.5 Å². The van der Waals surface area contributed by atoms with Crippen molar-refractivity contribution in [1.29, 1.82) is 0 Å². The first-order valence-electron chi connectivity index (χ1n) is 9.36. The molecule has 2 nitrogen and oxygen atoms in total. The number of aryl methyl sites for hydroxylation is 1. The van der Waals surface area contributed by atoms with Crippen molar-refractivity contribution in [2.24, 2.45) is 0 Å². The number of hydrogen-bond donors (Lipinski definition) is 2. The Labute approximate surface area is 157 Å². The third-order valence-electron chi connectivity index (χ3n) is 4.72. The van der Waals surface area contributed by atoms with Crippen molar-refractivity contribution < 1.29 is 0 Å². The van der Waals surface area contributed by atoms with Crippen molar-refractivity contribution in [2.45, 2.75) is 25.3 Å². The molecule has 1 aliphatic carbocycles. The molecule has 26 heavy (non-hydrogen) atoms. The van der Waals surface area contributed by atoms with Gasteiger partial charge < -0.3 is 10.6 Å². The summed E-state index contributed by atoms with van der Waals surface area (Å²) in [7, 11) is 3.75. The number of benzene rings is 3. The highest BCUT2D eigenvalue weighted by atomic mass is 14.9. The minimum absolute atomic E-state index is 0.433. The van der Waals surface area contributed by atoms with Crippen molar-refractivity contribution in [3.8, 4) is 0 Å². The lowest BCUT2D eigenvalue weighted by Crippen LogP contribution is -2.09. The lowest BCUT2D eigenvalue weighted by atomic mass is 10.0. The molecule has 3 aromatic carbocycles. The zero-order valence-electron chi connectivity index (χ0n) is 15.7. The second-order valence-corrected chi connectivity index (χ2v) is 6.75. The molecule has 3 aromatic rings. The highest BCUT2D eigenvalue weighted by Crippen LogP contribution is 2.34. The predicted molar refractivity (Wildman–Crippen MR) is 112 cm³/mol. The Morgan fingerprint density at radius 2 is 1.46 bits per heavy atom. The van der Waals surface area contributed by atoms with Gasteiger partial charge in [-0.15, -0.1) is 0 Å². The molecule has 1 atom stereocenters. The van der Waals surface area contributed by atoms with Gasteiger partial charge in [0, 0.05) is 5.69 Å². The Morgan fingerprint density at radius 1 is 0.808 bits per heavy atom. The Hall–Kier alpha value is -2.58. The molecular formula is C24H28N2. The lowest BCUT2D eigenvalue weighted by molar-refractivity contribution is 0.760. The zero-order chi connectivity index (χ0) is 18.2. The van der Waals surface area contributed by atoms with Gasteiger partial charge in [0.2, 0.25) is 0 Å². The average molecular weight is 345 g/mol. The number of nitrogens with one attached hydrogen (secondary N) is 2. The molecule has 2 N–H and O–H groups in total. The normalized spacial score (nSPS) is 14.9. The number of rotatable bonds is 4. The van der Waals surface area contributed by atoms with Gasteiger partial charge in [-0.2, -0.15) is 0 Å². The highest BCUT2D eigenvalue weighted by Gasteiger charge is 2.22. The van der Waals surface area contributed by atoms with Crippen molar-refractivity contribution in [1.82, 2.24) is 5.32 Å². The lowest BCUT2D eigenvalue weighted by Gasteiger charge is -2.18. The summed E-state index contributed by atoms with van der Waals surface area (Å²) in [6, 6.07) is 28.6. The van der Waals surface area contributed by atoms with Crippen molar-refractivity contribution in [3.63, 3.8) is 0 Å². The fourth-order valence-electron chi connectivity index (χ4n) is 3.53. The van der Waals surface area contributed by atoms with E-state index in [1.165, 1.54) is 40.8 Å². The molecule has 0 amide bonds. The maximum atomic E-state index is 3.79. The second-order valence-electron chi connectivity index (χ2n) is 6.75. The topological polar surface area (TPSA) is 24.1 Å². The van der Waals surface area contributed by atoms with Gasteiger partial charge >= 0.3 is 0 Å². The molecule has 0 aliphatic heterocycles. The standard InChI is InChI=1S/C22H21N.C2H7N/c1-2-8-17(9-3-1)16-19-11-5-7-13-21(19)23-22-15-14-18-10-4-6-12-20(18)22;1-3-2/h1-13,22-23H,14-16H2;3H,1-2H3. The summed E-state index contributed by atoms with van der Waals surface area (Å²) in [5.74, 6) is 0. The van der Waals surface area contributed by atoms with Crippen LogP contribution in [0.4, 0.5) is 5.69 Å². The summed E-state index contributed by atoms with van der Waals surface area (Å²) in [5.41, 5.74) is 6.93. The molecular weight excluding hydrogens is 316 g/mol. The quantitative estimate of drug-likeness (QED) is 0.679. The van der Waals surface area contributed by atoms with E-state index in [4.69, 9.17) is 0 Å². The third kappa shape index (κ3) is 4.53. The van der Waals surface area contributed by atoms with Gasteiger partial charge in [0.1, 0.15) is 0 Å². The van der Waals surface area contributed by atoms with Gasteiger partial charge in [-0.25, -0.2) is 0 Å². The Morgan fingerprint density at radius 3 is 2.27 bits per heavy atom. The van der Waals surface area contributed by atoms with E-state index in [0.717, 1.165) is 6.42 Å². The molecule has 1 aliphatic rings. The first-order chi connectivity index (χ1) is 12.8. The summed E-state index contributed by atoms with van der Waals surface area (Å²) in [6.07, 6.45) is 3.33. The molecule has 0 fully saturated rings. The third-order valence-corrected chi connectivity index (χ3v) is 4.72. The first kappa shape index (κ1) is 18.2. The van der Waals surface area contributed by atoms with Crippen LogP contribution in [0.2, 0.25) is 0 Å². The minimum atomic E-state index is 0.433. The van der Waals surface area contributed by atoms with Crippen LogP contribution in [0.25, 0.3) is 0 Å². The highest BCUT2D eigenvalue weighted by molar-refractivity contribution is 5.55. The van der Waals surface area contributed by atoms with Gasteiger partial charge in [0.25, 0.3) is 0 Å². The summed E-state index contributed by atoms with van der Waals surface area (Å²) >= 11 is 0. The Balaban J connectivity index is 0.000000613. The van der Waals surface area contributed by atoms with Crippen molar-refractivity contribution in [2.75, 3.05) is 19.4 Å². The van der Waals surface area contributed by atoms with Crippen LogP contribution < -0.4 is 10.6 Å². The number of fused-ring (bicyclic) bond motifs is 1. The summed E-state index contributed by atoms with van der Waals surface area (Å²) in [4.78, 5) is 0. The molecule has 134 valence electrons. The van der Waals surface area contributed by atoms with Gasteiger partial charge in [-0.1, -0.05) is 72.8 Å². The van der Waals surface area contributed by atoms with E-state index >= 15 is 0 Å². The number of anilines is 1. The first-order valence-corrected chi connectivity index (χ1v) is 9.36. The molecule has 4 rings (SSSR count). The number of para-hydroxylation sites is 1. The van der Waals surface area contributed by atoms with Crippen LogP contribution in [0.15, 0.2) is 78.9 Å². The Bertz CT molecular complexity index is 811. The zero-order valence-corrected chi connectivity index (χ0v) is 15.7.